The molecule has 27 heavy (non-hydrogen) atoms. The minimum absolute atomic E-state index is 0.300. The summed E-state index contributed by atoms with van der Waals surface area (Å²) >= 11 is 0. The minimum atomic E-state index is -0.582. The summed E-state index contributed by atoms with van der Waals surface area (Å²) in [6, 6.07) is 22.6. The van der Waals surface area contributed by atoms with Crippen molar-refractivity contribution in [1.29, 1.82) is 0 Å². The number of rotatable bonds is 5. The van der Waals surface area contributed by atoms with Crippen LogP contribution in [0.2, 0.25) is 0 Å². The summed E-state index contributed by atoms with van der Waals surface area (Å²) < 4.78 is 8.82. The summed E-state index contributed by atoms with van der Waals surface area (Å²) in [7, 11) is -0.582. The molecule has 3 nitrogen and oxygen atoms in total. The first-order valence-corrected chi connectivity index (χ1v) is 11.4. The highest BCUT2D eigenvalue weighted by Crippen LogP contribution is 2.43. The van der Waals surface area contributed by atoms with Crippen LogP contribution in [-0.2, 0) is 4.74 Å². The van der Waals surface area contributed by atoms with Crippen LogP contribution >= 0.6 is 8.07 Å². The highest BCUT2D eigenvalue weighted by molar-refractivity contribution is 7.70. The van der Waals surface area contributed by atoms with Crippen LogP contribution in [0.3, 0.4) is 0 Å². The van der Waals surface area contributed by atoms with E-state index in [2.05, 4.69) is 79.2 Å². The molecule has 0 unspecified atom stereocenters. The van der Waals surface area contributed by atoms with E-state index < -0.39 is 8.07 Å². The highest BCUT2D eigenvalue weighted by Gasteiger charge is 2.37. The van der Waals surface area contributed by atoms with Gasteiger partial charge < -0.3 is 4.74 Å². The SMILES string of the molecule is CC(C)[C@@H]1COC([C@H]2CCCCN2P(c2ccccc2)c2ccccc2)=N1. The van der Waals surface area contributed by atoms with E-state index in [9.17, 15) is 0 Å². The fourth-order valence-corrected chi connectivity index (χ4v) is 6.56. The first-order valence-electron chi connectivity index (χ1n) is 10.1. The molecule has 0 bridgehead atoms. The van der Waals surface area contributed by atoms with Crippen LogP contribution in [0.15, 0.2) is 65.7 Å². The average Bonchev–Trinajstić information content (AvgIpc) is 3.21. The Hall–Kier alpha value is -1.70. The topological polar surface area (TPSA) is 24.8 Å². The second kappa shape index (κ2) is 8.54. The number of benzene rings is 2. The lowest BCUT2D eigenvalue weighted by atomic mass is 10.0. The Kier molecular flexibility index (Phi) is 5.90. The van der Waals surface area contributed by atoms with Crippen LogP contribution in [0.5, 0.6) is 0 Å². The molecule has 1 fully saturated rings. The Labute approximate surface area is 164 Å². The van der Waals surface area contributed by atoms with Crippen molar-refractivity contribution >= 4 is 24.6 Å². The monoisotopic (exact) mass is 380 g/mol. The van der Waals surface area contributed by atoms with Gasteiger partial charge in [0.05, 0.1) is 12.1 Å². The number of piperidine rings is 1. The lowest BCUT2D eigenvalue weighted by molar-refractivity contribution is 0.245. The van der Waals surface area contributed by atoms with Gasteiger partial charge in [-0.25, -0.2) is 4.99 Å². The molecule has 0 spiro atoms. The normalized spacial score (nSPS) is 23.5. The third kappa shape index (κ3) is 4.10. The van der Waals surface area contributed by atoms with Gasteiger partial charge >= 0.3 is 0 Å². The lowest BCUT2D eigenvalue weighted by Crippen LogP contribution is -2.45. The zero-order chi connectivity index (χ0) is 18.6. The zero-order valence-electron chi connectivity index (χ0n) is 16.3. The first-order chi connectivity index (χ1) is 13.2. The largest absolute Gasteiger partial charge is 0.478 e. The van der Waals surface area contributed by atoms with Gasteiger partial charge in [-0.3, -0.25) is 4.67 Å². The Morgan fingerprint density at radius 3 is 2.15 bits per heavy atom. The van der Waals surface area contributed by atoms with Crippen LogP contribution in [0, 0.1) is 5.92 Å². The van der Waals surface area contributed by atoms with Gasteiger partial charge in [0.25, 0.3) is 0 Å². The van der Waals surface area contributed by atoms with Crippen LogP contribution in [0.4, 0.5) is 0 Å². The fourth-order valence-electron chi connectivity index (χ4n) is 3.92. The van der Waals surface area contributed by atoms with Gasteiger partial charge in [0.2, 0.25) is 5.90 Å². The molecule has 2 aliphatic rings. The van der Waals surface area contributed by atoms with Crippen molar-refractivity contribution in [3.05, 3.63) is 60.7 Å². The third-order valence-electron chi connectivity index (χ3n) is 5.48. The Morgan fingerprint density at radius 1 is 0.963 bits per heavy atom. The maximum atomic E-state index is 6.14. The summed E-state index contributed by atoms with van der Waals surface area (Å²) in [5.74, 6) is 1.51. The maximum Gasteiger partial charge on any atom is 0.201 e. The fraction of sp³-hybridized carbons (Fsp3) is 0.435. The van der Waals surface area contributed by atoms with Crippen LogP contribution in [0.25, 0.3) is 0 Å². The van der Waals surface area contributed by atoms with Crippen molar-refractivity contribution in [2.45, 2.75) is 45.2 Å². The van der Waals surface area contributed by atoms with Gasteiger partial charge in [0.1, 0.15) is 6.61 Å². The summed E-state index contributed by atoms with van der Waals surface area (Å²) in [5, 5.41) is 2.81. The van der Waals surface area contributed by atoms with E-state index in [-0.39, 0.29) is 0 Å². The van der Waals surface area contributed by atoms with Gasteiger partial charge in [-0.15, -0.1) is 0 Å². The van der Waals surface area contributed by atoms with Gasteiger partial charge in [-0.1, -0.05) is 80.9 Å². The minimum Gasteiger partial charge on any atom is -0.478 e. The van der Waals surface area contributed by atoms with E-state index in [0.29, 0.717) is 18.0 Å². The lowest BCUT2D eigenvalue weighted by Gasteiger charge is -2.40. The molecule has 2 aliphatic heterocycles. The molecule has 0 aromatic heterocycles. The molecule has 2 heterocycles. The average molecular weight is 380 g/mol. The van der Waals surface area contributed by atoms with Crippen molar-refractivity contribution in [1.82, 2.24) is 4.67 Å². The van der Waals surface area contributed by atoms with E-state index in [1.165, 1.54) is 23.5 Å². The molecule has 0 aliphatic carbocycles. The van der Waals surface area contributed by atoms with Gasteiger partial charge in [-0.05, 0) is 29.4 Å². The van der Waals surface area contributed by atoms with E-state index in [1.54, 1.807) is 0 Å². The first kappa shape index (κ1) is 18.7. The standard InChI is InChI=1S/C23H29N2OP/c1-18(2)21-17-26-23(24-21)22-15-9-10-16-25(22)27(19-11-5-3-6-12-19)20-13-7-4-8-14-20/h3-8,11-14,18,21-22H,9-10,15-17H2,1-2H3/t21-,22+/m0/s1. The molecule has 2 aromatic carbocycles. The molecule has 1 saturated heterocycles. The highest BCUT2D eigenvalue weighted by atomic mass is 31.1. The molecule has 4 heteroatoms. The van der Waals surface area contributed by atoms with E-state index in [4.69, 9.17) is 9.73 Å². The number of hydrogen-bond acceptors (Lipinski definition) is 3. The number of nitrogens with zero attached hydrogens (tertiary/aromatic N) is 2. The summed E-state index contributed by atoms with van der Waals surface area (Å²) in [6.45, 7) is 6.32. The third-order valence-corrected chi connectivity index (χ3v) is 8.05. The van der Waals surface area contributed by atoms with Crippen molar-refractivity contribution in [2.75, 3.05) is 13.2 Å². The van der Waals surface area contributed by atoms with Crippen molar-refractivity contribution in [3.63, 3.8) is 0 Å². The van der Waals surface area contributed by atoms with E-state index in [0.717, 1.165) is 25.5 Å². The number of aliphatic imine (C=N–C) groups is 1. The smallest absolute Gasteiger partial charge is 0.201 e. The van der Waals surface area contributed by atoms with Gasteiger partial charge in [0, 0.05) is 14.6 Å². The summed E-state index contributed by atoms with van der Waals surface area (Å²) in [6.07, 6.45) is 3.64. The summed E-state index contributed by atoms with van der Waals surface area (Å²) in [5.41, 5.74) is 0. The second-order valence-electron chi connectivity index (χ2n) is 7.75. The molecule has 2 atom stereocenters. The molecule has 0 saturated carbocycles. The number of hydrogen-bond donors (Lipinski definition) is 0. The molecule has 0 amide bonds. The quantitative estimate of drug-likeness (QED) is 0.721. The summed E-state index contributed by atoms with van der Waals surface area (Å²) in [4.78, 5) is 4.99. The molecule has 0 radical (unpaired) electrons. The number of ether oxygens (including phenoxy) is 1. The van der Waals surface area contributed by atoms with Crippen molar-refractivity contribution < 1.29 is 4.74 Å². The predicted molar refractivity (Wildman–Crippen MR) is 115 cm³/mol. The van der Waals surface area contributed by atoms with Gasteiger partial charge in [-0.2, -0.15) is 0 Å². The van der Waals surface area contributed by atoms with E-state index in [1.807, 2.05) is 0 Å². The second-order valence-corrected chi connectivity index (χ2v) is 9.92. The zero-order valence-corrected chi connectivity index (χ0v) is 17.2. The van der Waals surface area contributed by atoms with Crippen LogP contribution < -0.4 is 10.6 Å². The molecule has 142 valence electrons. The molecular weight excluding hydrogens is 351 g/mol. The molecular formula is C23H29N2OP. The Bertz CT molecular complexity index is 723. The molecule has 2 aromatic rings. The van der Waals surface area contributed by atoms with Crippen LogP contribution in [0.1, 0.15) is 33.1 Å². The van der Waals surface area contributed by atoms with Gasteiger partial charge in [0.15, 0.2) is 0 Å². The molecule has 0 N–H and O–H groups in total. The van der Waals surface area contributed by atoms with E-state index >= 15 is 0 Å². The molecule has 4 rings (SSSR count). The van der Waals surface area contributed by atoms with Crippen molar-refractivity contribution in [3.8, 4) is 0 Å². The van der Waals surface area contributed by atoms with Crippen molar-refractivity contribution in [2.24, 2.45) is 10.9 Å². The Morgan fingerprint density at radius 2 is 1.59 bits per heavy atom. The van der Waals surface area contributed by atoms with Crippen LogP contribution in [-0.4, -0.2) is 35.8 Å². The maximum absolute atomic E-state index is 6.14. The Balaban J connectivity index is 1.70. The predicted octanol–water partition coefficient (Wildman–Crippen LogP) is 4.34.